The quantitative estimate of drug-likeness (QED) is 0.802. The van der Waals surface area contributed by atoms with Crippen molar-refractivity contribution in [2.75, 3.05) is 38.1 Å². The summed E-state index contributed by atoms with van der Waals surface area (Å²) in [4.78, 5) is 9.51. The van der Waals surface area contributed by atoms with Crippen LogP contribution in [0.5, 0.6) is 0 Å². The molecule has 0 radical (unpaired) electrons. The molecule has 1 aliphatic rings. The largest absolute Gasteiger partial charge is 0.300 e. The summed E-state index contributed by atoms with van der Waals surface area (Å²) in [5.74, 6) is 0. The van der Waals surface area contributed by atoms with Gasteiger partial charge in [-0.1, -0.05) is 34.1 Å². The zero-order chi connectivity index (χ0) is 13.8. The number of hydrogen-bond donors (Lipinski definition) is 0. The standard InChI is InChI=1S/C16H20BrN3/c17-6-8-19-9-11-20(12-10-19)13-14-5-7-18-16-4-2-1-3-15(14)16/h1-5,7H,6,8-13H2. The van der Waals surface area contributed by atoms with E-state index < -0.39 is 0 Å². The summed E-state index contributed by atoms with van der Waals surface area (Å²) in [6.07, 6.45) is 1.93. The van der Waals surface area contributed by atoms with E-state index >= 15 is 0 Å². The third-order valence-corrected chi connectivity index (χ3v) is 4.35. The van der Waals surface area contributed by atoms with Crippen LogP contribution in [0.3, 0.4) is 0 Å². The molecule has 0 bridgehead atoms. The molecule has 1 aliphatic heterocycles. The van der Waals surface area contributed by atoms with E-state index in [1.807, 2.05) is 6.20 Å². The molecule has 1 aromatic heterocycles. The van der Waals surface area contributed by atoms with Crippen molar-refractivity contribution >= 4 is 26.8 Å². The van der Waals surface area contributed by atoms with Crippen LogP contribution in [0.1, 0.15) is 5.56 Å². The summed E-state index contributed by atoms with van der Waals surface area (Å²) in [6, 6.07) is 10.6. The van der Waals surface area contributed by atoms with Crippen LogP contribution in [0.15, 0.2) is 36.5 Å². The van der Waals surface area contributed by atoms with Gasteiger partial charge in [-0.2, -0.15) is 0 Å². The molecular weight excluding hydrogens is 314 g/mol. The zero-order valence-corrected chi connectivity index (χ0v) is 13.2. The van der Waals surface area contributed by atoms with E-state index in [4.69, 9.17) is 0 Å². The number of benzene rings is 1. The van der Waals surface area contributed by atoms with Gasteiger partial charge < -0.3 is 0 Å². The van der Waals surface area contributed by atoms with Crippen molar-refractivity contribution in [3.8, 4) is 0 Å². The lowest BCUT2D eigenvalue weighted by Crippen LogP contribution is -2.46. The summed E-state index contributed by atoms with van der Waals surface area (Å²) in [5.41, 5.74) is 2.49. The summed E-state index contributed by atoms with van der Waals surface area (Å²) >= 11 is 3.52. The second-order valence-electron chi connectivity index (χ2n) is 5.29. The van der Waals surface area contributed by atoms with Gasteiger partial charge in [0.2, 0.25) is 0 Å². The van der Waals surface area contributed by atoms with Crippen molar-refractivity contribution in [2.45, 2.75) is 6.54 Å². The van der Waals surface area contributed by atoms with E-state index in [9.17, 15) is 0 Å². The molecule has 0 unspecified atom stereocenters. The Balaban J connectivity index is 1.68. The Morgan fingerprint density at radius 2 is 1.75 bits per heavy atom. The van der Waals surface area contributed by atoms with Gasteiger partial charge in [-0.15, -0.1) is 0 Å². The first-order valence-electron chi connectivity index (χ1n) is 7.20. The average molecular weight is 334 g/mol. The smallest absolute Gasteiger partial charge is 0.0705 e. The van der Waals surface area contributed by atoms with Gasteiger partial charge in [-0.05, 0) is 17.7 Å². The molecule has 20 heavy (non-hydrogen) atoms. The maximum atomic E-state index is 4.44. The Hall–Kier alpha value is -0.970. The second-order valence-corrected chi connectivity index (χ2v) is 6.09. The molecule has 3 rings (SSSR count). The Bertz CT molecular complexity index is 559. The molecule has 1 saturated heterocycles. The van der Waals surface area contributed by atoms with Crippen LogP contribution in [-0.2, 0) is 6.54 Å². The molecule has 1 aromatic carbocycles. The van der Waals surface area contributed by atoms with Crippen molar-refractivity contribution in [1.29, 1.82) is 0 Å². The molecule has 2 heterocycles. The predicted octanol–water partition coefficient (Wildman–Crippen LogP) is 2.75. The van der Waals surface area contributed by atoms with Crippen LogP contribution < -0.4 is 0 Å². The number of pyridine rings is 1. The van der Waals surface area contributed by atoms with Crippen LogP contribution >= 0.6 is 15.9 Å². The number of para-hydroxylation sites is 1. The minimum absolute atomic E-state index is 1.03. The number of halogens is 1. The lowest BCUT2D eigenvalue weighted by atomic mass is 10.1. The van der Waals surface area contributed by atoms with Gasteiger partial charge in [0.1, 0.15) is 0 Å². The summed E-state index contributed by atoms with van der Waals surface area (Å²) in [5, 5.41) is 2.36. The average Bonchev–Trinajstić information content (AvgIpc) is 2.50. The number of alkyl halides is 1. The van der Waals surface area contributed by atoms with Gasteiger partial charge in [-0.25, -0.2) is 0 Å². The highest BCUT2D eigenvalue weighted by Crippen LogP contribution is 2.18. The molecule has 0 atom stereocenters. The third-order valence-electron chi connectivity index (χ3n) is 4.00. The monoisotopic (exact) mass is 333 g/mol. The molecule has 4 heteroatoms. The summed E-state index contributed by atoms with van der Waals surface area (Å²) in [7, 11) is 0. The van der Waals surface area contributed by atoms with E-state index in [-0.39, 0.29) is 0 Å². The van der Waals surface area contributed by atoms with Gasteiger partial charge >= 0.3 is 0 Å². The molecule has 0 spiro atoms. The maximum Gasteiger partial charge on any atom is 0.0705 e. The van der Waals surface area contributed by atoms with Crippen LogP contribution in [0.2, 0.25) is 0 Å². The number of rotatable bonds is 4. The van der Waals surface area contributed by atoms with E-state index in [0.717, 1.165) is 37.0 Å². The lowest BCUT2D eigenvalue weighted by Gasteiger charge is -2.34. The van der Waals surface area contributed by atoms with Crippen LogP contribution in [0.4, 0.5) is 0 Å². The number of aromatic nitrogens is 1. The highest BCUT2D eigenvalue weighted by atomic mass is 79.9. The van der Waals surface area contributed by atoms with E-state index in [1.165, 1.54) is 24.0 Å². The molecular formula is C16H20BrN3. The van der Waals surface area contributed by atoms with Crippen LogP contribution in [0.25, 0.3) is 10.9 Å². The second kappa shape index (κ2) is 6.66. The van der Waals surface area contributed by atoms with Gasteiger partial charge in [0.05, 0.1) is 5.52 Å². The fourth-order valence-electron chi connectivity index (χ4n) is 2.82. The third kappa shape index (κ3) is 3.19. The van der Waals surface area contributed by atoms with Crippen molar-refractivity contribution < 1.29 is 0 Å². The Labute approximate surface area is 128 Å². The SMILES string of the molecule is BrCCN1CCN(Cc2ccnc3ccccc23)CC1. The number of nitrogens with zero attached hydrogens (tertiary/aromatic N) is 3. The molecule has 0 saturated carbocycles. The first-order chi connectivity index (χ1) is 9.86. The highest BCUT2D eigenvalue weighted by Gasteiger charge is 2.16. The highest BCUT2D eigenvalue weighted by molar-refractivity contribution is 9.09. The summed E-state index contributed by atoms with van der Waals surface area (Å²) < 4.78 is 0. The predicted molar refractivity (Wildman–Crippen MR) is 87.3 cm³/mol. The van der Waals surface area contributed by atoms with Gasteiger partial charge in [0, 0.05) is 56.2 Å². The van der Waals surface area contributed by atoms with Crippen LogP contribution in [-0.4, -0.2) is 52.8 Å². The van der Waals surface area contributed by atoms with E-state index in [2.05, 4.69) is 61.0 Å². The molecule has 0 N–H and O–H groups in total. The van der Waals surface area contributed by atoms with Crippen LogP contribution in [0, 0.1) is 0 Å². The van der Waals surface area contributed by atoms with Gasteiger partial charge in [0.25, 0.3) is 0 Å². The topological polar surface area (TPSA) is 19.4 Å². The summed E-state index contributed by atoms with van der Waals surface area (Å²) in [6.45, 7) is 6.85. The zero-order valence-electron chi connectivity index (χ0n) is 11.6. The fourth-order valence-corrected chi connectivity index (χ4v) is 3.33. The Morgan fingerprint density at radius 1 is 1.00 bits per heavy atom. The van der Waals surface area contributed by atoms with E-state index in [1.54, 1.807) is 0 Å². The molecule has 106 valence electrons. The Kier molecular flexibility index (Phi) is 4.65. The van der Waals surface area contributed by atoms with Gasteiger partial charge in [0.15, 0.2) is 0 Å². The maximum absolute atomic E-state index is 4.44. The van der Waals surface area contributed by atoms with Gasteiger partial charge in [-0.3, -0.25) is 14.8 Å². The van der Waals surface area contributed by atoms with E-state index in [0.29, 0.717) is 0 Å². The number of hydrogen-bond acceptors (Lipinski definition) is 3. The normalized spacial score (nSPS) is 17.6. The number of fused-ring (bicyclic) bond motifs is 1. The molecule has 3 nitrogen and oxygen atoms in total. The van der Waals surface area contributed by atoms with Crippen molar-refractivity contribution in [2.24, 2.45) is 0 Å². The van der Waals surface area contributed by atoms with Crippen molar-refractivity contribution in [1.82, 2.24) is 14.8 Å². The fraction of sp³-hybridized carbons (Fsp3) is 0.438. The first kappa shape index (κ1) is 14.0. The molecule has 1 fully saturated rings. The number of piperazine rings is 1. The van der Waals surface area contributed by atoms with Crippen molar-refractivity contribution in [3.05, 3.63) is 42.1 Å². The minimum Gasteiger partial charge on any atom is -0.300 e. The Morgan fingerprint density at radius 3 is 2.55 bits per heavy atom. The molecule has 0 aliphatic carbocycles. The minimum atomic E-state index is 1.03. The molecule has 2 aromatic rings. The lowest BCUT2D eigenvalue weighted by molar-refractivity contribution is 0.133. The molecule has 0 amide bonds. The first-order valence-corrected chi connectivity index (χ1v) is 8.32. The van der Waals surface area contributed by atoms with Crippen molar-refractivity contribution in [3.63, 3.8) is 0 Å².